The molecule has 0 spiro atoms. The molecule has 1 heterocycles. The molecule has 1 aliphatic rings. The van der Waals surface area contributed by atoms with Gasteiger partial charge in [0, 0.05) is 31.7 Å². The Bertz CT molecular complexity index is 579. The summed E-state index contributed by atoms with van der Waals surface area (Å²) in [5, 5.41) is 0. The summed E-state index contributed by atoms with van der Waals surface area (Å²) >= 11 is 1.70. The van der Waals surface area contributed by atoms with Crippen molar-refractivity contribution >= 4 is 23.6 Å². The lowest BCUT2D eigenvalue weighted by Crippen LogP contribution is -2.45. The highest BCUT2D eigenvalue weighted by molar-refractivity contribution is 7.98. The van der Waals surface area contributed by atoms with E-state index in [0.717, 1.165) is 17.7 Å². The molecule has 1 aromatic rings. The van der Waals surface area contributed by atoms with Crippen LogP contribution in [0.4, 0.5) is 0 Å². The number of hydrogen-bond acceptors (Lipinski definition) is 4. The summed E-state index contributed by atoms with van der Waals surface area (Å²) in [6.45, 7) is 4.45. The number of hydrogen-bond donors (Lipinski definition) is 1. The van der Waals surface area contributed by atoms with Crippen molar-refractivity contribution in [2.75, 3.05) is 38.2 Å². The largest absolute Gasteiger partial charge is 0.340 e. The molecule has 6 heteroatoms. The quantitative estimate of drug-likeness (QED) is 0.879. The fraction of sp³-hybridized carbons (Fsp3) is 0.556. The Morgan fingerprint density at radius 3 is 2.62 bits per heavy atom. The average Bonchev–Trinajstić information content (AvgIpc) is 2.84. The Labute approximate surface area is 148 Å². The first-order chi connectivity index (χ1) is 11.5. The van der Waals surface area contributed by atoms with E-state index in [1.807, 2.05) is 47.2 Å². The molecule has 2 N–H and O–H groups in total. The zero-order chi connectivity index (χ0) is 17.5. The Balaban J connectivity index is 1.95. The first kappa shape index (κ1) is 18.8. The molecule has 0 unspecified atom stereocenters. The number of carbonyl (C=O) groups excluding carboxylic acids is 2. The standard InChI is InChI=1S/C18H27N3O2S/c1-14-5-3-6-15(13-14)17(22)20-8-4-9-21(11-10-20)18(23)16(19)7-12-24-2/h3,5-6,13,16H,4,7-12,19H2,1-2H3/t16-/m0/s1. The van der Waals surface area contributed by atoms with E-state index >= 15 is 0 Å². The minimum absolute atomic E-state index is 0.00824. The second kappa shape index (κ2) is 9.08. The van der Waals surface area contributed by atoms with Gasteiger partial charge in [-0.25, -0.2) is 0 Å². The SMILES string of the molecule is CSCC[C@H](N)C(=O)N1CCCN(C(=O)c2cccc(C)c2)CC1. The van der Waals surface area contributed by atoms with Crippen LogP contribution < -0.4 is 5.73 Å². The monoisotopic (exact) mass is 349 g/mol. The van der Waals surface area contributed by atoms with Crippen LogP contribution in [0.3, 0.4) is 0 Å². The van der Waals surface area contributed by atoms with Crippen LogP contribution in [-0.4, -0.2) is 65.8 Å². The zero-order valence-electron chi connectivity index (χ0n) is 14.5. The van der Waals surface area contributed by atoms with E-state index in [4.69, 9.17) is 5.73 Å². The number of thioether (sulfide) groups is 1. The molecule has 0 aromatic heterocycles. The molecular formula is C18H27N3O2S. The maximum absolute atomic E-state index is 12.7. The van der Waals surface area contributed by atoms with Crippen molar-refractivity contribution in [3.05, 3.63) is 35.4 Å². The summed E-state index contributed by atoms with van der Waals surface area (Å²) in [6, 6.07) is 7.21. The summed E-state index contributed by atoms with van der Waals surface area (Å²) < 4.78 is 0. The summed E-state index contributed by atoms with van der Waals surface area (Å²) in [5.41, 5.74) is 7.79. The molecule has 1 fully saturated rings. The van der Waals surface area contributed by atoms with Crippen molar-refractivity contribution in [2.24, 2.45) is 5.73 Å². The molecule has 0 saturated carbocycles. The van der Waals surface area contributed by atoms with Gasteiger partial charge in [0.15, 0.2) is 0 Å². The van der Waals surface area contributed by atoms with Crippen LogP contribution in [0.25, 0.3) is 0 Å². The molecule has 2 rings (SSSR count). The van der Waals surface area contributed by atoms with E-state index in [1.165, 1.54) is 0 Å². The van der Waals surface area contributed by atoms with Gasteiger partial charge in [-0.2, -0.15) is 11.8 Å². The van der Waals surface area contributed by atoms with Crippen LogP contribution in [0.1, 0.15) is 28.8 Å². The fourth-order valence-electron chi connectivity index (χ4n) is 2.90. The summed E-state index contributed by atoms with van der Waals surface area (Å²) in [5.74, 6) is 0.937. The van der Waals surface area contributed by atoms with Crippen molar-refractivity contribution < 1.29 is 9.59 Å². The van der Waals surface area contributed by atoms with Crippen LogP contribution >= 0.6 is 11.8 Å². The molecule has 1 aliphatic heterocycles. The summed E-state index contributed by atoms with van der Waals surface area (Å²) in [4.78, 5) is 28.7. The Kier molecular flexibility index (Phi) is 7.12. The Morgan fingerprint density at radius 1 is 1.21 bits per heavy atom. The van der Waals surface area contributed by atoms with Crippen molar-refractivity contribution in [3.63, 3.8) is 0 Å². The Hall–Kier alpha value is -1.53. The molecule has 1 saturated heterocycles. The lowest BCUT2D eigenvalue weighted by atomic mass is 10.1. The van der Waals surface area contributed by atoms with Crippen LogP contribution in [0.2, 0.25) is 0 Å². The van der Waals surface area contributed by atoms with Gasteiger partial charge in [-0.3, -0.25) is 9.59 Å². The molecule has 0 aliphatic carbocycles. The predicted molar refractivity (Wildman–Crippen MR) is 99.3 cm³/mol. The highest BCUT2D eigenvalue weighted by Crippen LogP contribution is 2.12. The number of aryl methyl sites for hydroxylation is 1. The number of benzene rings is 1. The van der Waals surface area contributed by atoms with Gasteiger partial charge in [0.05, 0.1) is 6.04 Å². The molecule has 2 amide bonds. The van der Waals surface area contributed by atoms with Gasteiger partial charge in [0.2, 0.25) is 5.91 Å². The normalized spacial score (nSPS) is 16.6. The number of nitrogens with two attached hydrogens (primary N) is 1. The molecule has 1 aromatic carbocycles. The summed E-state index contributed by atoms with van der Waals surface area (Å²) in [6.07, 6.45) is 3.50. The third kappa shape index (κ3) is 4.98. The van der Waals surface area contributed by atoms with Gasteiger partial charge >= 0.3 is 0 Å². The lowest BCUT2D eigenvalue weighted by molar-refractivity contribution is -0.132. The molecule has 24 heavy (non-hydrogen) atoms. The third-order valence-electron chi connectivity index (χ3n) is 4.31. The summed E-state index contributed by atoms with van der Waals surface area (Å²) in [7, 11) is 0. The average molecular weight is 350 g/mol. The molecule has 1 atom stereocenters. The van der Waals surface area contributed by atoms with Crippen molar-refractivity contribution in [1.29, 1.82) is 0 Å². The first-order valence-electron chi connectivity index (χ1n) is 8.42. The van der Waals surface area contributed by atoms with Crippen LogP contribution in [0.5, 0.6) is 0 Å². The highest BCUT2D eigenvalue weighted by Gasteiger charge is 2.25. The third-order valence-corrected chi connectivity index (χ3v) is 4.95. The topological polar surface area (TPSA) is 66.6 Å². The van der Waals surface area contributed by atoms with Crippen molar-refractivity contribution in [2.45, 2.75) is 25.8 Å². The minimum atomic E-state index is -0.434. The van der Waals surface area contributed by atoms with E-state index in [0.29, 0.717) is 38.2 Å². The second-order valence-corrected chi connectivity index (χ2v) is 7.21. The number of rotatable bonds is 5. The fourth-order valence-corrected chi connectivity index (χ4v) is 3.39. The Morgan fingerprint density at radius 2 is 1.92 bits per heavy atom. The predicted octanol–water partition coefficient (Wildman–Crippen LogP) is 1.75. The van der Waals surface area contributed by atoms with Gasteiger partial charge in [0.25, 0.3) is 5.91 Å². The van der Waals surface area contributed by atoms with Crippen LogP contribution in [0, 0.1) is 6.92 Å². The van der Waals surface area contributed by atoms with E-state index in [1.54, 1.807) is 11.8 Å². The molecule has 0 radical (unpaired) electrons. The smallest absolute Gasteiger partial charge is 0.253 e. The highest BCUT2D eigenvalue weighted by atomic mass is 32.2. The van der Waals surface area contributed by atoms with Crippen LogP contribution in [-0.2, 0) is 4.79 Å². The molecule has 0 bridgehead atoms. The van der Waals surface area contributed by atoms with Crippen molar-refractivity contribution in [1.82, 2.24) is 9.80 Å². The zero-order valence-corrected chi connectivity index (χ0v) is 15.3. The van der Waals surface area contributed by atoms with Gasteiger partial charge in [-0.05, 0) is 43.9 Å². The van der Waals surface area contributed by atoms with E-state index in [9.17, 15) is 9.59 Å². The van der Waals surface area contributed by atoms with E-state index in [-0.39, 0.29) is 11.8 Å². The van der Waals surface area contributed by atoms with Gasteiger partial charge in [-0.1, -0.05) is 17.7 Å². The molecule has 132 valence electrons. The van der Waals surface area contributed by atoms with Crippen molar-refractivity contribution in [3.8, 4) is 0 Å². The molecule has 5 nitrogen and oxygen atoms in total. The maximum Gasteiger partial charge on any atom is 0.253 e. The number of carbonyl (C=O) groups is 2. The second-order valence-electron chi connectivity index (χ2n) is 6.23. The molecular weight excluding hydrogens is 322 g/mol. The minimum Gasteiger partial charge on any atom is -0.340 e. The van der Waals surface area contributed by atoms with Gasteiger partial charge < -0.3 is 15.5 Å². The lowest BCUT2D eigenvalue weighted by Gasteiger charge is -2.24. The first-order valence-corrected chi connectivity index (χ1v) is 9.81. The van der Waals surface area contributed by atoms with Gasteiger partial charge in [-0.15, -0.1) is 0 Å². The van der Waals surface area contributed by atoms with Gasteiger partial charge in [0.1, 0.15) is 0 Å². The number of amides is 2. The van der Waals surface area contributed by atoms with E-state index in [2.05, 4.69) is 0 Å². The number of nitrogens with zero attached hydrogens (tertiary/aromatic N) is 2. The van der Waals surface area contributed by atoms with E-state index < -0.39 is 6.04 Å². The maximum atomic E-state index is 12.7. The van der Waals surface area contributed by atoms with Crippen LogP contribution in [0.15, 0.2) is 24.3 Å².